The number of phenolic OH excluding ortho intramolecular Hbond substituents is 1. The Labute approximate surface area is 104 Å². The van der Waals surface area contributed by atoms with Crippen LogP contribution < -0.4 is 4.74 Å². The monoisotopic (exact) mass is 334 g/mol. The van der Waals surface area contributed by atoms with E-state index in [1.807, 2.05) is 0 Å². The van der Waals surface area contributed by atoms with Gasteiger partial charge in [-0.05, 0) is 50.1 Å². The highest BCUT2D eigenvalue weighted by molar-refractivity contribution is 9.28. The molecule has 1 rings (SSSR count). The Hall–Kier alpha value is -0.810. The maximum Gasteiger partial charge on any atom is 0.308 e. The topological polar surface area (TPSA) is 46.5 Å². The molecule has 0 aromatic heterocycles. The van der Waals surface area contributed by atoms with Gasteiger partial charge < -0.3 is 9.84 Å². The minimum Gasteiger partial charge on any atom is -0.507 e. The number of phenols is 1. The van der Waals surface area contributed by atoms with Crippen LogP contribution in [0.5, 0.6) is 11.5 Å². The van der Waals surface area contributed by atoms with E-state index in [1.165, 1.54) is 13.0 Å². The Bertz CT molecular complexity index is 409. The number of aromatic hydroxyl groups is 1. The highest BCUT2D eigenvalue weighted by Crippen LogP contribution is 2.28. The fraction of sp³-hybridized carbons (Fsp3) is 0.100. The molecule has 80 valence electrons. The molecule has 0 radical (unpaired) electrons. The number of hydrogen-bond donors (Lipinski definition) is 1. The molecule has 0 aliphatic heterocycles. The van der Waals surface area contributed by atoms with Crippen LogP contribution >= 0.6 is 31.9 Å². The minimum absolute atomic E-state index is 0.0464. The van der Waals surface area contributed by atoms with Crippen molar-refractivity contribution in [3.05, 3.63) is 27.2 Å². The summed E-state index contributed by atoms with van der Waals surface area (Å²) < 4.78 is 5.53. The van der Waals surface area contributed by atoms with E-state index in [-0.39, 0.29) is 5.75 Å². The number of carbonyl (C=O) groups is 1. The molecule has 1 N–H and O–H groups in total. The summed E-state index contributed by atoms with van der Waals surface area (Å²) in [6.45, 7) is 1.31. The van der Waals surface area contributed by atoms with Gasteiger partial charge in [0.15, 0.2) is 0 Å². The predicted octanol–water partition coefficient (Wildman–Crippen LogP) is 3.41. The molecule has 1 aromatic carbocycles. The van der Waals surface area contributed by atoms with Crippen LogP contribution in [0, 0.1) is 0 Å². The SMILES string of the molecule is CC(=O)Oc1ccc(C=C(Br)Br)c(O)c1. The van der Waals surface area contributed by atoms with Crippen molar-refractivity contribution in [2.75, 3.05) is 0 Å². The van der Waals surface area contributed by atoms with Crippen LogP contribution in [0.2, 0.25) is 0 Å². The molecule has 5 heteroatoms. The Kier molecular flexibility index (Phi) is 4.35. The third kappa shape index (κ3) is 4.05. The highest BCUT2D eigenvalue weighted by Gasteiger charge is 2.03. The first-order valence-electron chi connectivity index (χ1n) is 4.03. The predicted molar refractivity (Wildman–Crippen MR) is 65.2 cm³/mol. The smallest absolute Gasteiger partial charge is 0.308 e. The first kappa shape index (κ1) is 12.3. The van der Waals surface area contributed by atoms with Gasteiger partial charge in [-0.15, -0.1) is 0 Å². The summed E-state index contributed by atoms with van der Waals surface area (Å²) in [6, 6.07) is 4.64. The molecule has 0 spiro atoms. The van der Waals surface area contributed by atoms with Gasteiger partial charge in [0.2, 0.25) is 0 Å². The summed E-state index contributed by atoms with van der Waals surface area (Å²) in [7, 11) is 0. The summed E-state index contributed by atoms with van der Waals surface area (Å²) in [5, 5.41) is 9.58. The zero-order valence-corrected chi connectivity index (χ0v) is 11.0. The summed E-state index contributed by atoms with van der Waals surface area (Å²) >= 11 is 6.37. The Morgan fingerprint density at radius 1 is 1.47 bits per heavy atom. The lowest BCUT2D eigenvalue weighted by Crippen LogP contribution is -2.00. The third-order valence-electron chi connectivity index (χ3n) is 1.53. The highest BCUT2D eigenvalue weighted by atomic mass is 79.9. The van der Waals surface area contributed by atoms with Crippen molar-refractivity contribution in [1.82, 2.24) is 0 Å². The van der Waals surface area contributed by atoms with Crippen molar-refractivity contribution < 1.29 is 14.6 Å². The zero-order chi connectivity index (χ0) is 11.4. The molecular weight excluding hydrogens is 328 g/mol. The molecule has 0 saturated carbocycles. The molecule has 0 fully saturated rings. The van der Waals surface area contributed by atoms with E-state index in [0.717, 1.165) is 0 Å². The third-order valence-corrected chi connectivity index (χ3v) is 1.99. The van der Waals surface area contributed by atoms with Crippen molar-refractivity contribution in [3.63, 3.8) is 0 Å². The Morgan fingerprint density at radius 2 is 2.13 bits per heavy atom. The van der Waals surface area contributed by atoms with Crippen molar-refractivity contribution in [3.8, 4) is 11.5 Å². The quantitative estimate of drug-likeness (QED) is 0.665. The van der Waals surface area contributed by atoms with Gasteiger partial charge in [0.05, 0.1) is 3.39 Å². The van der Waals surface area contributed by atoms with E-state index in [2.05, 4.69) is 31.9 Å². The van der Waals surface area contributed by atoms with Crippen molar-refractivity contribution in [2.24, 2.45) is 0 Å². The summed E-state index contributed by atoms with van der Waals surface area (Å²) in [5.74, 6) is -0.0487. The van der Waals surface area contributed by atoms with Crippen LogP contribution in [-0.4, -0.2) is 11.1 Å². The van der Waals surface area contributed by atoms with Gasteiger partial charge in [0.1, 0.15) is 11.5 Å². The first-order valence-corrected chi connectivity index (χ1v) is 5.62. The maximum absolute atomic E-state index is 10.7. The van der Waals surface area contributed by atoms with Gasteiger partial charge in [0.25, 0.3) is 0 Å². The standard InChI is InChI=1S/C10H8Br2O3/c1-6(13)15-8-3-2-7(4-10(11)12)9(14)5-8/h2-5,14H,1H3. The summed E-state index contributed by atoms with van der Waals surface area (Å²) in [5.41, 5.74) is 0.620. The lowest BCUT2D eigenvalue weighted by atomic mass is 10.2. The van der Waals surface area contributed by atoms with Crippen LogP contribution in [0.15, 0.2) is 21.6 Å². The lowest BCUT2D eigenvalue weighted by molar-refractivity contribution is -0.131. The van der Waals surface area contributed by atoms with Gasteiger partial charge in [-0.3, -0.25) is 4.79 Å². The number of carbonyl (C=O) groups excluding carboxylic acids is 1. The van der Waals surface area contributed by atoms with Crippen LogP contribution in [0.4, 0.5) is 0 Å². The van der Waals surface area contributed by atoms with E-state index < -0.39 is 5.97 Å². The largest absolute Gasteiger partial charge is 0.507 e. The van der Waals surface area contributed by atoms with Gasteiger partial charge in [-0.1, -0.05) is 0 Å². The molecule has 0 heterocycles. The van der Waals surface area contributed by atoms with E-state index in [9.17, 15) is 9.90 Å². The van der Waals surface area contributed by atoms with Crippen molar-refractivity contribution >= 4 is 43.9 Å². The Morgan fingerprint density at radius 3 is 2.60 bits per heavy atom. The van der Waals surface area contributed by atoms with Crippen LogP contribution in [-0.2, 0) is 4.79 Å². The van der Waals surface area contributed by atoms with Gasteiger partial charge in [0, 0.05) is 18.6 Å². The minimum atomic E-state index is -0.417. The second kappa shape index (κ2) is 5.32. The molecule has 0 saturated heterocycles. The van der Waals surface area contributed by atoms with E-state index >= 15 is 0 Å². The number of ether oxygens (including phenoxy) is 1. The maximum atomic E-state index is 10.7. The molecule has 15 heavy (non-hydrogen) atoms. The molecule has 0 aliphatic carbocycles. The summed E-state index contributed by atoms with van der Waals surface area (Å²) in [4.78, 5) is 10.7. The second-order valence-electron chi connectivity index (χ2n) is 2.75. The molecular formula is C10H8Br2O3. The van der Waals surface area contributed by atoms with Crippen molar-refractivity contribution in [1.29, 1.82) is 0 Å². The molecule has 0 aliphatic rings. The molecule has 3 nitrogen and oxygen atoms in total. The fourth-order valence-electron chi connectivity index (χ4n) is 0.993. The number of benzene rings is 1. The molecule has 0 bridgehead atoms. The molecule has 0 atom stereocenters. The van der Waals surface area contributed by atoms with E-state index in [4.69, 9.17) is 4.74 Å². The molecule has 1 aromatic rings. The van der Waals surface area contributed by atoms with Crippen LogP contribution in [0.25, 0.3) is 6.08 Å². The number of halogens is 2. The van der Waals surface area contributed by atoms with E-state index in [1.54, 1.807) is 18.2 Å². The zero-order valence-electron chi connectivity index (χ0n) is 7.83. The van der Waals surface area contributed by atoms with Gasteiger partial charge >= 0.3 is 5.97 Å². The van der Waals surface area contributed by atoms with Crippen LogP contribution in [0.1, 0.15) is 12.5 Å². The van der Waals surface area contributed by atoms with Gasteiger partial charge in [-0.2, -0.15) is 0 Å². The second-order valence-corrected chi connectivity index (χ2v) is 5.52. The molecule has 0 unspecified atom stereocenters. The van der Waals surface area contributed by atoms with Crippen molar-refractivity contribution in [2.45, 2.75) is 6.92 Å². The normalized spacial score (nSPS) is 9.53. The van der Waals surface area contributed by atoms with Gasteiger partial charge in [-0.25, -0.2) is 0 Å². The number of esters is 1. The van der Waals surface area contributed by atoms with Crippen LogP contribution in [0.3, 0.4) is 0 Å². The number of rotatable bonds is 2. The Balaban J connectivity index is 2.98. The molecule has 0 amide bonds. The summed E-state index contributed by atoms with van der Waals surface area (Å²) in [6.07, 6.45) is 1.69. The average molecular weight is 336 g/mol. The lowest BCUT2D eigenvalue weighted by Gasteiger charge is -2.03. The number of hydrogen-bond acceptors (Lipinski definition) is 3. The first-order chi connectivity index (χ1) is 6.99. The van der Waals surface area contributed by atoms with E-state index in [0.29, 0.717) is 14.7 Å². The average Bonchev–Trinajstić information content (AvgIpc) is 2.08. The fourth-order valence-corrected chi connectivity index (χ4v) is 1.49.